The number of hydrogen-bond acceptors (Lipinski definition) is 2. The molecule has 0 amide bonds. The van der Waals surface area contributed by atoms with Gasteiger partial charge in [-0.1, -0.05) is 24.0 Å². The zero-order valence-corrected chi connectivity index (χ0v) is 11.6. The summed E-state index contributed by atoms with van der Waals surface area (Å²) in [6, 6.07) is 12.1. The molecule has 0 aliphatic heterocycles. The van der Waals surface area contributed by atoms with E-state index in [9.17, 15) is 5.11 Å². The molecule has 0 bridgehead atoms. The molecule has 20 heavy (non-hydrogen) atoms. The normalized spacial score (nSPS) is 16.7. The van der Waals surface area contributed by atoms with Gasteiger partial charge in [0.05, 0.1) is 7.11 Å². The predicted octanol–water partition coefficient (Wildman–Crippen LogP) is 3.51. The molecule has 1 aliphatic carbocycles. The summed E-state index contributed by atoms with van der Waals surface area (Å²) in [5, 5.41) is 12.5. The third-order valence-electron chi connectivity index (χ3n) is 3.92. The van der Waals surface area contributed by atoms with E-state index >= 15 is 0 Å². The van der Waals surface area contributed by atoms with E-state index in [1.54, 1.807) is 7.11 Å². The number of hydrogen-bond donors (Lipinski definition) is 1. The molecule has 102 valence electrons. The van der Waals surface area contributed by atoms with Crippen LogP contribution in [-0.2, 0) is 0 Å². The number of benzene rings is 2. The predicted molar refractivity (Wildman–Crippen MR) is 80.8 cm³/mol. The molecule has 0 atom stereocenters. The van der Waals surface area contributed by atoms with Crippen molar-refractivity contribution in [1.82, 2.24) is 0 Å². The maximum Gasteiger partial charge on any atom is 0.125 e. The lowest BCUT2D eigenvalue weighted by Gasteiger charge is -2.12. The highest BCUT2D eigenvalue weighted by atomic mass is 16.5. The summed E-state index contributed by atoms with van der Waals surface area (Å²) in [6.45, 7) is 0. The highest BCUT2D eigenvalue weighted by Gasteiger charge is 2.28. The molecule has 1 N–H and O–H groups in total. The molecule has 1 saturated carbocycles. The van der Waals surface area contributed by atoms with Crippen molar-refractivity contribution in [2.75, 3.05) is 7.11 Å². The summed E-state index contributed by atoms with van der Waals surface area (Å²) in [5.74, 6) is 7.02. The fourth-order valence-corrected chi connectivity index (χ4v) is 2.70. The summed E-state index contributed by atoms with van der Waals surface area (Å²) in [6.07, 6.45) is 3.74. The van der Waals surface area contributed by atoms with Gasteiger partial charge in [0, 0.05) is 5.56 Å². The summed E-state index contributed by atoms with van der Waals surface area (Å²) >= 11 is 0. The Bertz CT molecular complexity index is 685. The highest BCUT2D eigenvalue weighted by molar-refractivity contribution is 5.85. The Balaban J connectivity index is 1.92. The first-order chi connectivity index (χ1) is 9.68. The molecule has 0 heterocycles. The summed E-state index contributed by atoms with van der Waals surface area (Å²) < 4.78 is 5.22. The van der Waals surface area contributed by atoms with E-state index in [1.807, 2.05) is 30.3 Å². The minimum absolute atomic E-state index is 0.769. The Kier molecular flexibility index (Phi) is 3.38. The first-order valence-corrected chi connectivity index (χ1v) is 7.02. The van der Waals surface area contributed by atoms with Crippen LogP contribution in [0.2, 0.25) is 0 Å². The van der Waals surface area contributed by atoms with Gasteiger partial charge in [-0.25, -0.2) is 0 Å². The number of fused-ring (bicyclic) bond motifs is 1. The zero-order chi connectivity index (χ0) is 14.0. The molecule has 0 unspecified atom stereocenters. The highest BCUT2D eigenvalue weighted by Crippen LogP contribution is 2.28. The first kappa shape index (κ1) is 13.0. The third kappa shape index (κ3) is 2.64. The molecule has 0 aromatic heterocycles. The van der Waals surface area contributed by atoms with E-state index in [-0.39, 0.29) is 0 Å². The van der Waals surface area contributed by atoms with Crippen molar-refractivity contribution < 1.29 is 9.84 Å². The van der Waals surface area contributed by atoms with Crippen molar-refractivity contribution in [3.05, 3.63) is 42.0 Å². The largest absolute Gasteiger partial charge is 0.497 e. The van der Waals surface area contributed by atoms with Gasteiger partial charge in [-0.15, -0.1) is 0 Å². The van der Waals surface area contributed by atoms with Gasteiger partial charge in [-0.3, -0.25) is 0 Å². The fraction of sp³-hybridized carbons (Fsp3) is 0.333. The summed E-state index contributed by atoms with van der Waals surface area (Å²) in [5.41, 5.74) is 0.178. The topological polar surface area (TPSA) is 29.5 Å². The first-order valence-electron chi connectivity index (χ1n) is 7.02. The van der Waals surface area contributed by atoms with Gasteiger partial charge >= 0.3 is 0 Å². The smallest absolute Gasteiger partial charge is 0.125 e. The average Bonchev–Trinajstić information content (AvgIpc) is 2.91. The molecule has 2 heteroatoms. The van der Waals surface area contributed by atoms with Gasteiger partial charge in [-0.05, 0) is 60.7 Å². The second kappa shape index (κ2) is 5.19. The van der Waals surface area contributed by atoms with E-state index in [0.717, 1.165) is 47.8 Å². The third-order valence-corrected chi connectivity index (χ3v) is 3.92. The maximum absolute atomic E-state index is 10.2. The lowest BCUT2D eigenvalue weighted by Crippen LogP contribution is -2.20. The van der Waals surface area contributed by atoms with E-state index in [1.165, 1.54) is 0 Å². The average molecular weight is 266 g/mol. The lowest BCUT2D eigenvalue weighted by molar-refractivity contribution is 0.110. The number of ether oxygens (including phenoxy) is 1. The Morgan fingerprint density at radius 3 is 2.50 bits per heavy atom. The fourth-order valence-electron chi connectivity index (χ4n) is 2.70. The van der Waals surface area contributed by atoms with Crippen LogP contribution in [0.1, 0.15) is 31.2 Å². The van der Waals surface area contributed by atoms with Crippen molar-refractivity contribution >= 4 is 10.8 Å². The van der Waals surface area contributed by atoms with Crippen LogP contribution in [0.25, 0.3) is 10.8 Å². The maximum atomic E-state index is 10.2. The molecule has 0 spiro atoms. The lowest BCUT2D eigenvalue weighted by atomic mass is 10.0. The van der Waals surface area contributed by atoms with E-state index in [4.69, 9.17) is 4.74 Å². The van der Waals surface area contributed by atoms with Gasteiger partial charge in [0.1, 0.15) is 11.4 Å². The molecular weight excluding hydrogens is 248 g/mol. The summed E-state index contributed by atoms with van der Waals surface area (Å²) in [4.78, 5) is 0. The Labute approximate surface area is 119 Å². The summed E-state index contributed by atoms with van der Waals surface area (Å²) in [7, 11) is 1.67. The minimum atomic E-state index is -0.769. The van der Waals surface area contributed by atoms with Crippen LogP contribution in [0.5, 0.6) is 5.75 Å². The van der Waals surface area contributed by atoms with Gasteiger partial charge in [-0.2, -0.15) is 0 Å². The number of rotatable bonds is 1. The van der Waals surface area contributed by atoms with Crippen molar-refractivity contribution in [1.29, 1.82) is 0 Å². The number of methoxy groups -OCH3 is 1. The van der Waals surface area contributed by atoms with Crippen molar-refractivity contribution in [3.8, 4) is 17.6 Å². The molecular formula is C18H18O2. The van der Waals surface area contributed by atoms with Crippen LogP contribution < -0.4 is 4.74 Å². The molecule has 2 aromatic rings. The van der Waals surface area contributed by atoms with Gasteiger partial charge in [0.15, 0.2) is 0 Å². The van der Waals surface area contributed by atoms with Crippen molar-refractivity contribution in [2.24, 2.45) is 0 Å². The van der Waals surface area contributed by atoms with Crippen LogP contribution >= 0.6 is 0 Å². The van der Waals surface area contributed by atoms with Crippen molar-refractivity contribution in [2.45, 2.75) is 31.3 Å². The quantitative estimate of drug-likeness (QED) is 0.800. The SMILES string of the molecule is COc1ccc2cc(C#CC3(O)CCCC3)ccc2c1. The molecule has 3 rings (SSSR count). The second-order valence-corrected chi connectivity index (χ2v) is 5.42. The molecule has 0 radical (unpaired) electrons. The van der Waals surface area contributed by atoms with Crippen LogP contribution in [-0.4, -0.2) is 17.8 Å². The van der Waals surface area contributed by atoms with Crippen molar-refractivity contribution in [3.63, 3.8) is 0 Å². The van der Waals surface area contributed by atoms with Crippen LogP contribution in [0.4, 0.5) is 0 Å². The monoisotopic (exact) mass is 266 g/mol. The molecule has 1 aliphatic rings. The Morgan fingerprint density at radius 2 is 1.75 bits per heavy atom. The molecule has 1 fully saturated rings. The van der Waals surface area contributed by atoms with Crippen LogP contribution in [0.15, 0.2) is 36.4 Å². The van der Waals surface area contributed by atoms with Gasteiger partial charge in [0.2, 0.25) is 0 Å². The van der Waals surface area contributed by atoms with Crippen LogP contribution in [0.3, 0.4) is 0 Å². The molecule has 2 nitrogen and oxygen atoms in total. The van der Waals surface area contributed by atoms with E-state index in [2.05, 4.69) is 17.9 Å². The Morgan fingerprint density at radius 1 is 1.05 bits per heavy atom. The molecule has 2 aromatic carbocycles. The van der Waals surface area contributed by atoms with E-state index in [0.29, 0.717) is 0 Å². The minimum Gasteiger partial charge on any atom is -0.497 e. The Hall–Kier alpha value is -1.98. The van der Waals surface area contributed by atoms with E-state index < -0.39 is 5.60 Å². The van der Waals surface area contributed by atoms with Gasteiger partial charge < -0.3 is 9.84 Å². The second-order valence-electron chi connectivity index (χ2n) is 5.42. The zero-order valence-electron chi connectivity index (χ0n) is 11.6. The van der Waals surface area contributed by atoms with Crippen LogP contribution in [0, 0.1) is 11.8 Å². The standard InChI is InChI=1S/C18H18O2/c1-20-17-7-6-15-12-14(4-5-16(15)13-17)8-11-18(19)9-2-3-10-18/h4-7,12-13,19H,2-3,9-10H2,1H3. The van der Waals surface area contributed by atoms with Gasteiger partial charge in [0.25, 0.3) is 0 Å². The number of aliphatic hydroxyl groups is 1. The molecule has 0 saturated heterocycles.